The fraction of sp³-hybridized carbons (Fsp3) is 0.381. The molecule has 0 unspecified atom stereocenters. The molecule has 2 aromatic heterocycles. The Hall–Kier alpha value is -2.60. The van der Waals surface area contributed by atoms with E-state index in [9.17, 15) is 4.79 Å². The first-order valence-corrected chi connectivity index (χ1v) is 9.99. The SMILES string of the molecule is COC(=O)c1ccc2c(c1)c1c(n2CCCNc2cc(Cl)ncn2)CCCC1. The molecule has 146 valence electrons. The summed E-state index contributed by atoms with van der Waals surface area (Å²) in [5.41, 5.74) is 4.61. The van der Waals surface area contributed by atoms with Crippen LogP contribution >= 0.6 is 11.6 Å². The highest BCUT2D eigenvalue weighted by molar-refractivity contribution is 6.29. The topological polar surface area (TPSA) is 69.0 Å². The molecule has 0 amide bonds. The second-order valence-corrected chi connectivity index (χ2v) is 7.40. The number of fused-ring (bicyclic) bond motifs is 3. The zero-order chi connectivity index (χ0) is 19.5. The summed E-state index contributed by atoms with van der Waals surface area (Å²) in [4.78, 5) is 20.0. The number of aryl methyl sites for hydroxylation is 2. The third-order valence-corrected chi connectivity index (χ3v) is 5.50. The van der Waals surface area contributed by atoms with E-state index in [-0.39, 0.29) is 5.97 Å². The number of rotatable bonds is 6. The zero-order valence-corrected chi connectivity index (χ0v) is 16.6. The summed E-state index contributed by atoms with van der Waals surface area (Å²) < 4.78 is 7.31. The van der Waals surface area contributed by atoms with Crippen molar-refractivity contribution < 1.29 is 9.53 Å². The average Bonchev–Trinajstić information content (AvgIpc) is 3.04. The van der Waals surface area contributed by atoms with Gasteiger partial charge in [0.15, 0.2) is 0 Å². The second-order valence-electron chi connectivity index (χ2n) is 7.01. The summed E-state index contributed by atoms with van der Waals surface area (Å²) >= 11 is 5.90. The number of nitrogens with one attached hydrogen (secondary N) is 1. The molecule has 1 aromatic carbocycles. The Labute approximate surface area is 168 Å². The van der Waals surface area contributed by atoms with E-state index >= 15 is 0 Å². The van der Waals surface area contributed by atoms with Crippen LogP contribution in [0.25, 0.3) is 10.9 Å². The Kier molecular flexibility index (Phi) is 5.48. The predicted molar refractivity (Wildman–Crippen MR) is 110 cm³/mol. The van der Waals surface area contributed by atoms with Gasteiger partial charge in [-0.1, -0.05) is 11.6 Å². The van der Waals surface area contributed by atoms with Crippen molar-refractivity contribution in [2.75, 3.05) is 19.0 Å². The van der Waals surface area contributed by atoms with Crippen LogP contribution in [-0.4, -0.2) is 34.2 Å². The lowest BCUT2D eigenvalue weighted by atomic mass is 9.95. The van der Waals surface area contributed by atoms with Gasteiger partial charge in [0, 0.05) is 35.8 Å². The number of carbonyl (C=O) groups is 1. The number of aromatic nitrogens is 3. The molecule has 0 saturated carbocycles. The first kappa shape index (κ1) is 18.7. The van der Waals surface area contributed by atoms with E-state index < -0.39 is 0 Å². The molecule has 1 aliphatic carbocycles. The van der Waals surface area contributed by atoms with Crippen LogP contribution in [0.4, 0.5) is 5.82 Å². The molecule has 0 aliphatic heterocycles. The highest BCUT2D eigenvalue weighted by atomic mass is 35.5. The van der Waals surface area contributed by atoms with Gasteiger partial charge in [0.1, 0.15) is 17.3 Å². The number of nitrogens with zero attached hydrogens (tertiary/aromatic N) is 3. The first-order valence-electron chi connectivity index (χ1n) is 9.61. The van der Waals surface area contributed by atoms with Gasteiger partial charge in [0.25, 0.3) is 0 Å². The highest BCUT2D eigenvalue weighted by Crippen LogP contribution is 2.33. The van der Waals surface area contributed by atoms with Crippen LogP contribution < -0.4 is 5.32 Å². The van der Waals surface area contributed by atoms with Crippen molar-refractivity contribution >= 4 is 34.3 Å². The molecule has 3 aromatic rings. The molecule has 28 heavy (non-hydrogen) atoms. The highest BCUT2D eigenvalue weighted by Gasteiger charge is 2.21. The van der Waals surface area contributed by atoms with Crippen LogP contribution in [0.1, 0.15) is 40.9 Å². The minimum Gasteiger partial charge on any atom is -0.465 e. The van der Waals surface area contributed by atoms with E-state index in [1.54, 1.807) is 6.07 Å². The van der Waals surface area contributed by atoms with Gasteiger partial charge in [0.05, 0.1) is 12.7 Å². The largest absolute Gasteiger partial charge is 0.465 e. The molecule has 0 bridgehead atoms. The predicted octanol–water partition coefficient (Wildman–Crippen LogP) is 4.25. The van der Waals surface area contributed by atoms with Crippen molar-refractivity contribution in [3.63, 3.8) is 0 Å². The molecule has 2 heterocycles. The van der Waals surface area contributed by atoms with Crippen molar-refractivity contribution in [3.05, 3.63) is 52.6 Å². The number of carbonyl (C=O) groups excluding carboxylic acids is 1. The van der Waals surface area contributed by atoms with Gasteiger partial charge in [-0.05, 0) is 55.9 Å². The number of benzene rings is 1. The molecule has 1 N–H and O–H groups in total. The molecular weight excluding hydrogens is 376 g/mol. The Morgan fingerprint density at radius 1 is 1.25 bits per heavy atom. The van der Waals surface area contributed by atoms with Crippen LogP contribution in [0.5, 0.6) is 0 Å². The summed E-state index contributed by atoms with van der Waals surface area (Å²) in [6.45, 7) is 1.71. The minimum atomic E-state index is -0.285. The zero-order valence-electron chi connectivity index (χ0n) is 15.9. The summed E-state index contributed by atoms with van der Waals surface area (Å²) in [7, 11) is 1.42. The number of methoxy groups -OCH3 is 1. The fourth-order valence-corrected chi connectivity index (χ4v) is 4.17. The normalized spacial score (nSPS) is 13.4. The summed E-state index contributed by atoms with van der Waals surface area (Å²) in [5.74, 6) is 0.453. The Bertz CT molecular complexity index is 1020. The molecule has 6 nitrogen and oxygen atoms in total. The third kappa shape index (κ3) is 3.69. The van der Waals surface area contributed by atoms with Crippen LogP contribution in [-0.2, 0) is 24.1 Å². The van der Waals surface area contributed by atoms with Crippen LogP contribution in [0.2, 0.25) is 5.15 Å². The number of halogens is 1. The lowest BCUT2D eigenvalue weighted by Gasteiger charge is -2.16. The fourth-order valence-electron chi connectivity index (χ4n) is 4.02. The monoisotopic (exact) mass is 398 g/mol. The van der Waals surface area contributed by atoms with E-state index in [1.165, 1.54) is 48.4 Å². The molecule has 0 spiro atoms. The molecule has 0 radical (unpaired) electrons. The van der Waals surface area contributed by atoms with Gasteiger partial charge in [-0.15, -0.1) is 0 Å². The van der Waals surface area contributed by atoms with Gasteiger partial charge < -0.3 is 14.6 Å². The molecule has 4 rings (SSSR count). The summed E-state index contributed by atoms with van der Waals surface area (Å²) in [6, 6.07) is 7.63. The lowest BCUT2D eigenvalue weighted by Crippen LogP contribution is -2.12. The number of hydrogen-bond acceptors (Lipinski definition) is 5. The van der Waals surface area contributed by atoms with Crippen molar-refractivity contribution in [2.24, 2.45) is 0 Å². The van der Waals surface area contributed by atoms with Crippen molar-refractivity contribution in [3.8, 4) is 0 Å². The van der Waals surface area contributed by atoms with Gasteiger partial charge >= 0.3 is 5.97 Å². The quantitative estimate of drug-likeness (QED) is 0.382. The van der Waals surface area contributed by atoms with Crippen LogP contribution in [0.15, 0.2) is 30.6 Å². The van der Waals surface area contributed by atoms with Crippen LogP contribution in [0, 0.1) is 0 Å². The van der Waals surface area contributed by atoms with Gasteiger partial charge in [0.2, 0.25) is 0 Å². The number of hydrogen-bond donors (Lipinski definition) is 1. The average molecular weight is 399 g/mol. The van der Waals surface area contributed by atoms with E-state index in [0.29, 0.717) is 10.7 Å². The molecular formula is C21H23ClN4O2. The maximum atomic E-state index is 11.9. The van der Waals surface area contributed by atoms with E-state index in [0.717, 1.165) is 38.2 Å². The summed E-state index contributed by atoms with van der Waals surface area (Å²) in [5, 5.41) is 4.92. The molecule has 0 atom stereocenters. The maximum Gasteiger partial charge on any atom is 0.337 e. The molecule has 0 saturated heterocycles. The smallest absolute Gasteiger partial charge is 0.337 e. The Balaban J connectivity index is 1.55. The number of ether oxygens (including phenoxy) is 1. The molecule has 1 aliphatic rings. The first-order chi connectivity index (χ1) is 13.7. The van der Waals surface area contributed by atoms with E-state index in [1.807, 2.05) is 12.1 Å². The lowest BCUT2D eigenvalue weighted by molar-refractivity contribution is 0.0601. The van der Waals surface area contributed by atoms with Gasteiger partial charge in [-0.3, -0.25) is 0 Å². The van der Waals surface area contributed by atoms with E-state index in [4.69, 9.17) is 16.3 Å². The van der Waals surface area contributed by atoms with Gasteiger partial charge in [-0.25, -0.2) is 14.8 Å². The standard InChI is InChI=1S/C21H23ClN4O2/c1-28-21(27)14-7-8-18-16(11-14)15-5-2-3-6-17(15)26(18)10-4-9-23-20-12-19(22)24-13-25-20/h7-8,11-13H,2-6,9-10H2,1H3,(H,23,24,25). The molecule has 7 heteroatoms. The number of anilines is 1. The van der Waals surface area contributed by atoms with E-state index in [2.05, 4.69) is 25.9 Å². The second kappa shape index (κ2) is 8.19. The Morgan fingerprint density at radius 3 is 2.93 bits per heavy atom. The van der Waals surface area contributed by atoms with Crippen molar-refractivity contribution in [1.82, 2.24) is 14.5 Å². The minimum absolute atomic E-state index is 0.285. The summed E-state index contributed by atoms with van der Waals surface area (Å²) in [6.07, 6.45) is 6.99. The number of esters is 1. The molecule has 0 fully saturated rings. The van der Waals surface area contributed by atoms with Crippen molar-refractivity contribution in [1.29, 1.82) is 0 Å². The van der Waals surface area contributed by atoms with Crippen molar-refractivity contribution in [2.45, 2.75) is 38.6 Å². The van der Waals surface area contributed by atoms with Gasteiger partial charge in [-0.2, -0.15) is 0 Å². The van der Waals surface area contributed by atoms with Crippen LogP contribution in [0.3, 0.4) is 0 Å². The maximum absolute atomic E-state index is 11.9. The third-order valence-electron chi connectivity index (χ3n) is 5.30. The Morgan fingerprint density at radius 2 is 2.11 bits per heavy atom.